The predicted octanol–water partition coefficient (Wildman–Crippen LogP) is 3.59. The van der Waals surface area contributed by atoms with Crippen LogP contribution in [0.2, 0.25) is 5.02 Å². The van der Waals surface area contributed by atoms with Gasteiger partial charge in [-0.2, -0.15) is 0 Å². The highest BCUT2D eigenvalue weighted by Crippen LogP contribution is 2.28. The molecule has 0 aliphatic rings. The van der Waals surface area contributed by atoms with Crippen molar-refractivity contribution < 1.29 is 15.0 Å². The molecule has 0 aliphatic carbocycles. The lowest BCUT2D eigenvalue weighted by Crippen LogP contribution is -2.38. The van der Waals surface area contributed by atoms with Gasteiger partial charge in [-0.05, 0) is 30.7 Å². The van der Waals surface area contributed by atoms with E-state index in [1.165, 1.54) is 6.08 Å². The fraction of sp³-hybridized carbons (Fsp3) is 0.318. The van der Waals surface area contributed by atoms with Crippen LogP contribution in [0.4, 0.5) is 5.82 Å². The van der Waals surface area contributed by atoms with Crippen molar-refractivity contribution in [2.24, 2.45) is 5.73 Å². The van der Waals surface area contributed by atoms with E-state index in [4.69, 9.17) is 28.2 Å². The average molecular weight is 435 g/mol. The summed E-state index contributed by atoms with van der Waals surface area (Å²) >= 11 is 5.94. The van der Waals surface area contributed by atoms with Crippen LogP contribution in [0.5, 0.6) is 5.75 Å². The third-order valence-corrected chi connectivity index (χ3v) is 4.90. The Labute approximate surface area is 182 Å². The zero-order valence-corrected chi connectivity index (χ0v) is 18.2. The Hall–Kier alpha value is -2.90. The van der Waals surface area contributed by atoms with Gasteiger partial charge in [0, 0.05) is 30.1 Å². The van der Waals surface area contributed by atoms with Crippen LogP contribution < -0.4 is 11.5 Å². The second-order valence-electron chi connectivity index (χ2n) is 6.71. The second-order valence-corrected chi connectivity index (χ2v) is 7.12. The fourth-order valence-electron chi connectivity index (χ4n) is 2.69. The van der Waals surface area contributed by atoms with E-state index in [0.29, 0.717) is 27.7 Å². The number of phenolic OH excluding ortho intramolecular Hbond substituents is 1. The zero-order chi connectivity index (χ0) is 22.7. The number of amides is 1. The summed E-state index contributed by atoms with van der Waals surface area (Å²) in [6.45, 7) is 5.52. The van der Waals surface area contributed by atoms with Gasteiger partial charge in [0.1, 0.15) is 11.6 Å². The lowest BCUT2D eigenvalue weighted by molar-refractivity contribution is -0.127. The average Bonchev–Trinajstić information content (AvgIpc) is 3.06. The molecule has 7 nitrogen and oxygen atoms in total. The predicted molar refractivity (Wildman–Crippen MR) is 124 cm³/mol. The van der Waals surface area contributed by atoms with E-state index in [1.807, 2.05) is 0 Å². The highest BCUT2D eigenvalue weighted by atomic mass is 35.5. The molecular formula is C22H31ClN4O3. The maximum atomic E-state index is 11.2. The Morgan fingerprint density at radius 1 is 1.40 bits per heavy atom. The number of rotatable bonds is 8. The van der Waals surface area contributed by atoms with Crippen LogP contribution in [0.15, 0.2) is 43.1 Å². The number of carbonyl (C=O) groups excluding carboxylic acids is 1. The number of phenols is 1. The van der Waals surface area contributed by atoms with Gasteiger partial charge in [-0.25, -0.2) is 0 Å². The maximum Gasteiger partial charge on any atom is 0.246 e. The number of H-pyrrole nitrogens is 1. The molecule has 2 aromatic rings. The Bertz CT molecular complexity index is 844. The number of aromatic hydroxyl groups is 1. The van der Waals surface area contributed by atoms with Crippen LogP contribution >= 0.6 is 11.6 Å². The van der Waals surface area contributed by atoms with Gasteiger partial charge in [-0.1, -0.05) is 50.1 Å². The first kappa shape index (κ1) is 25.1. The molecule has 1 amide bonds. The summed E-state index contributed by atoms with van der Waals surface area (Å²) in [7, 11) is 1.70. The van der Waals surface area contributed by atoms with Crippen molar-refractivity contribution >= 4 is 35.1 Å². The van der Waals surface area contributed by atoms with Gasteiger partial charge in [0.25, 0.3) is 0 Å². The topological polar surface area (TPSA) is 129 Å². The molecule has 164 valence electrons. The third-order valence-electron chi connectivity index (χ3n) is 4.59. The largest absolute Gasteiger partial charge is 0.507 e. The number of halogens is 1. The molecule has 0 aliphatic heterocycles. The Balaban J connectivity index is 0.000000314. The zero-order valence-electron chi connectivity index (χ0n) is 17.4. The molecule has 1 heterocycles. The summed E-state index contributed by atoms with van der Waals surface area (Å²) in [6, 6.07) is 6.74. The second kappa shape index (κ2) is 12.6. The number of likely N-dealkylation sites (N-methyl/N-ethyl adjacent to an activating group) is 1. The Kier molecular flexibility index (Phi) is 10.6. The van der Waals surface area contributed by atoms with Gasteiger partial charge in [0.2, 0.25) is 5.91 Å². The van der Waals surface area contributed by atoms with Gasteiger partial charge in [0.05, 0.1) is 17.7 Å². The number of aliphatic hydroxyl groups is 1. The minimum atomic E-state index is -0.129. The summed E-state index contributed by atoms with van der Waals surface area (Å²) in [5, 5.41) is 19.2. The van der Waals surface area contributed by atoms with Gasteiger partial charge in [-0.3, -0.25) is 4.79 Å². The van der Waals surface area contributed by atoms with Gasteiger partial charge in [0.15, 0.2) is 0 Å². The summed E-state index contributed by atoms with van der Waals surface area (Å²) in [5.74, 6) is 0.426. The first-order valence-corrected chi connectivity index (χ1v) is 10.0. The fourth-order valence-corrected chi connectivity index (χ4v) is 2.90. The number of para-hydroxylation sites is 1. The molecule has 0 spiro atoms. The molecule has 1 atom stereocenters. The van der Waals surface area contributed by atoms with Crippen LogP contribution in [-0.4, -0.2) is 45.7 Å². The summed E-state index contributed by atoms with van der Waals surface area (Å²) in [6.07, 6.45) is 7.44. The number of nitrogens with one attached hydrogen (secondary N) is 1. The van der Waals surface area contributed by atoms with Crippen molar-refractivity contribution in [1.29, 1.82) is 0 Å². The lowest BCUT2D eigenvalue weighted by atomic mass is 10.1. The molecule has 1 aromatic carbocycles. The van der Waals surface area contributed by atoms with Crippen LogP contribution in [-0.2, 0) is 4.79 Å². The van der Waals surface area contributed by atoms with Crippen LogP contribution in [0, 0.1) is 0 Å². The molecule has 0 unspecified atom stereocenters. The summed E-state index contributed by atoms with van der Waals surface area (Å²) in [5.41, 5.74) is 13.2. The standard InChI is InChI=1S/C12H12ClN3O.C10H19NO2/c13-9-6-16-12(15)8(9)5-10(14)7-3-1-2-4-11(7)17;1-4-6-7-9(8-12)11(3)10(13)5-2/h1-6,16-17H,14-15H2;5,9,12H,2,4,6-8H2,1,3H3/b10-5-;/t;9-/m.1/s1. The molecule has 7 N–H and O–H groups in total. The van der Waals surface area contributed by atoms with E-state index >= 15 is 0 Å². The van der Waals surface area contributed by atoms with Crippen molar-refractivity contribution in [3.63, 3.8) is 0 Å². The maximum absolute atomic E-state index is 11.2. The molecule has 0 saturated heterocycles. The molecule has 0 radical (unpaired) electrons. The van der Waals surface area contributed by atoms with Gasteiger partial charge < -0.3 is 31.6 Å². The third kappa shape index (κ3) is 7.17. The van der Waals surface area contributed by atoms with Gasteiger partial charge in [-0.15, -0.1) is 0 Å². The first-order chi connectivity index (χ1) is 14.3. The minimum absolute atomic E-state index is 0.0239. The number of aromatic amines is 1. The highest BCUT2D eigenvalue weighted by molar-refractivity contribution is 6.32. The molecule has 1 aromatic heterocycles. The Morgan fingerprint density at radius 3 is 2.57 bits per heavy atom. The van der Waals surface area contributed by atoms with Crippen LogP contribution in [0.25, 0.3) is 11.8 Å². The number of anilines is 1. The number of carbonyl (C=O) groups is 1. The summed E-state index contributed by atoms with van der Waals surface area (Å²) < 4.78 is 0. The Morgan fingerprint density at radius 2 is 2.07 bits per heavy atom. The number of hydrogen-bond acceptors (Lipinski definition) is 5. The van der Waals surface area contributed by atoms with E-state index in [1.54, 1.807) is 48.5 Å². The van der Waals surface area contributed by atoms with Crippen molar-refractivity contribution in [3.8, 4) is 5.75 Å². The monoisotopic (exact) mass is 434 g/mol. The first-order valence-electron chi connectivity index (χ1n) is 9.64. The van der Waals surface area contributed by atoms with Crippen LogP contribution in [0.3, 0.4) is 0 Å². The SMILES string of the molecule is C=CC(=O)N(C)[C@@H](CO)CCCC.N/C(=C\c1c(Cl)c[nH]c1N)c1ccccc1O. The number of nitrogens with two attached hydrogens (primary N) is 2. The molecule has 0 bridgehead atoms. The number of benzene rings is 1. The number of hydrogen-bond donors (Lipinski definition) is 5. The minimum Gasteiger partial charge on any atom is -0.507 e. The summed E-state index contributed by atoms with van der Waals surface area (Å²) in [4.78, 5) is 15.5. The van der Waals surface area contributed by atoms with Crippen molar-refractivity contribution in [1.82, 2.24) is 9.88 Å². The van der Waals surface area contributed by atoms with E-state index < -0.39 is 0 Å². The van der Waals surface area contributed by atoms with Crippen molar-refractivity contribution in [3.05, 3.63) is 59.3 Å². The van der Waals surface area contributed by atoms with Crippen LogP contribution in [0.1, 0.15) is 37.3 Å². The molecule has 2 rings (SSSR count). The van der Waals surface area contributed by atoms with E-state index in [2.05, 4.69) is 18.5 Å². The normalized spacial score (nSPS) is 11.9. The quantitative estimate of drug-likeness (QED) is 0.405. The molecular weight excluding hydrogens is 404 g/mol. The van der Waals surface area contributed by atoms with E-state index in [9.17, 15) is 9.90 Å². The number of nitrogen functional groups attached to an aromatic ring is 1. The van der Waals surface area contributed by atoms with E-state index in [-0.39, 0.29) is 24.3 Å². The highest BCUT2D eigenvalue weighted by Gasteiger charge is 2.15. The van der Waals surface area contributed by atoms with Crippen molar-refractivity contribution in [2.75, 3.05) is 19.4 Å². The van der Waals surface area contributed by atoms with E-state index in [0.717, 1.165) is 19.3 Å². The molecule has 0 saturated carbocycles. The number of unbranched alkanes of at least 4 members (excludes halogenated alkanes) is 1. The number of aromatic nitrogens is 1. The molecule has 0 fully saturated rings. The number of aliphatic hydroxyl groups excluding tert-OH is 1. The lowest BCUT2D eigenvalue weighted by Gasteiger charge is -2.25. The van der Waals surface area contributed by atoms with Gasteiger partial charge >= 0.3 is 0 Å². The number of nitrogens with zero attached hydrogens (tertiary/aromatic N) is 1. The smallest absolute Gasteiger partial charge is 0.246 e. The van der Waals surface area contributed by atoms with Crippen molar-refractivity contribution in [2.45, 2.75) is 32.2 Å². The molecule has 8 heteroatoms. The molecule has 30 heavy (non-hydrogen) atoms.